The highest BCUT2D eigenvalue weighted by Gasteiger charge is 2.40. The van der Waals surface area contributed by atoms with Crippen LogP contribution in [0.1, 0.15) is 61.6 Å². The molecule has 1 aliphatic carbocycles. The second kappa shape index (κ2) is 9.02. The molecular formula is C24H31NO. The first-order valence-corrected chi connectivity index (χ1v) is 10.1. The van der Waals surface area contributed by atoms with Crippen LogP contribution < -0.4 is 5.32 Å². The zero-order valence-electron chi connectivity index (χ0n) is 16.0. The van der Waals surface area contributed by atoms with E-state index in [0.29, 0.717) is 0 Å². The van der Waals surface area contributed by atoms with E-state index in [1.165, 1.54) is 23.1 Å². The number of carbonyl (C=O) groups excluding carboxylic acids is 1. The van der Waals surface area contributed by atoms with Gasteiger partial charge in [0.2, 0.25) is 5.91 Å². The van der Waals surface area contributed by atoms with Crippen molar-refractivity contribution in [3.63, 3.8) is 0 Å². The minimum atomic E-state index is -0.314. The van der Waals surface area contributed by atoms with Gasteiger partial charge in [-0.3, -0.25) is 4.79 Å². The van der Waals surface area contributed by atoms with Crippen molar-refractivity contribution < 1.29 is 4.79 Å². The maximum absolute atomic E-state index is 13.1. The highest BCUT2D eigenvalue weighted by molar-refractivity contribution is 5.88. The van der Waals surface area contributed by atoms with E-state index in [0.717, 1.165) is 51.5 Å². The van der Waals surface area contributed by atoms with Gasteiger partial charge in [-0.15, -0.1) is 0 Å². The van der Waals surface area contributed by atoms with Crippen molar-refractivity contribution in [1.29, 1.82) is 0 Å². The molecule has 1 N–H and O–H groups in total. The van der Waals surface area contributed by atoms with Crippen molar-refractivity contribution >= 4 is 5.91 Å². The number of aryl methyl sites for hydroxylation is 2. The van der Waals surface area contributed by atoms with Gasteiger partial charge >= 0.3 is 0 Å². The van der Waals surface area contributed by atoms with Gasteiger partial charge < -0.3 is 5.32 Å². The van der Waals surface area contributed by atoms with E-state index in [2.05, 4.69) is 66.8 Å². The van der Waals surface area contributed by atoms with E-state index >= 15 is 0 Å². The Balaban J connectivity index is 1.55. The second-order valence-electron chi connectivity index (χ2n) is 7.71. The lowest BCUT2D eigenvalue weighted by molar-refractivity contribution is -0.128. The van der Waals surface area contributed by atoms with Crippen molar-refractivity contribution in [2.45, 2.75) is 63.7 Å². The van der Waals surface area contributed by atoms with Gasteiger partial charge in [0.15, 0.2) is 0 Å². The molecule has 138 valence electrons. The van der Waals surface area contributed by atoms with E-state index in [9.17, 15) is 4.79 Å². The molecule has 26 heavy (non-hydrogen) atoms. The summed E-state index contributed by atoms with van der Waals surface area (Å²) in [4.78, 5) is 13.1. The molecule has 2 aromatic rings. The molecule has 0 aromatic heterocycles. The van der Waals surface area contributed by atoms with Gasteiger partial charge in [0.05, 0.1) is 5.41 Å². The first kappa shape index (κ1) is 18.7. The van der Waals surface area contributed by atoms with Crippen LogP contribution in [-0.2, 0) is 16.6 Å². The van der Waals surface area contributed by atoms with Crippen LogP contribution in [0.25, 0.3) is 0 Å². The number of carbonyl (C=O) groups is 1. The summed E-state index contributed by atoms with van der Waals surface area (Å²) in [6.45, 7) is 2.88. The number of hydrogen-bond acceptors (Lipinski definition) is 1. The Morgan fingerprint density at radius 1 is 0.923 bits per heavy atom. The molecule has 0 heterocycles. The van der Waals surface area contributed by atoms with Gasteiger partial charge in [-0.05, 0) is 50.2 Å². The molecule has 0 atom stereocenters. The molecule has 1 aliphatic rings. The zero-order chi connectivity index (χ0) is 18.2. The third kappa shape index (κ3) is 4.55. The predicted octanol–water partition coefficient (Wildman–Crippen LogP) is 5.34. The van der Waals surface area contributed by atoms with Crippen LogP contribution in [0.3, 0.4) is 0 Å². The van der Waals surface area contributed by atoms with Crippen LogP contribution >= 0.6 is 0 Å². The number of hydrogen-bond donors (Lipinski definition) is 1. The standard InChI is InChI=1S/C24H31NO/c1-20-13-15-22(16-14-20)24(17-7-3-8-18-24)23(26)25-19-9-6-12-21-10-4-2-5-11-21/h2,4-5,10-11,13-16H,3,6-9,12,17-19H2,1H3,(H,25,26). The van der Waals surface area contributed by atoms with Crippen LogP contribution in [0, 0.1) is 6.92 Å². The van der Waals surface area contributed by atoms with E-state index < -0.39 is 0 Å². The molecule has 1 saturated carbocycles. The monoisotopic (exact) mass is 349 g/mol. The van der Waals surface area contributed by atoms with E-state index in [1.54, 1.807) is 0 Å². The molecule has 0 aliphatic heterocycles. The summed E-state index contributed by atoms with van der Waals surface area (Å²) in [5, 5.41) is 3.25. The van der Waals surface area contributed by atoms with Crippen LogP contribution in [0.15, 0.2) is 54.6 Å². The van der Waals surface area contributed by atoms with Gasteiger partial charge in [0, 0.05) is 6.54 Å². The molecule has 1 amide bonds. The Bertz CT molecular complexity index is 684. The van der Waals surface area contributed by atoms with Gasteiger partial charge in [-0.2, -0.15) is 0 Å². The molecule has 0 unspecified atom stereocenters. The molecule has 0 bridgehead atoms. The summed E-state index contributed by atoms with van der Waals surface area (Å²) in [6, 6.07) is 19.2. The van der Waals surface area contributed by atoms with Gasteiger partial charge in [-0.25, -0.2) is 0 Å². The lowest BCUT2D eigenvalue weighted by atomic mass is 9.68. The van der Waals surface area contributed by atoms with Crippen molar-refractivity contribution in [2.24, 2.45) is 0 Å². The third-order valence-corrected chi connectivity index (χ3v) is 5.77. The normalized spacial score (nSPS) is 16.2. The summed E-state index contributed by atoms with van der Waals surface area (Å²) in [5.41, 5.74) is 3.51. The van der Waals surface area contributed by atoms with Gasteiger partial charge in [0.1, 0.15) is 0 Å². The maximum Gasteiger partial charge on any atom is 0.230 e. The number of amides is 1. The number of rotatable bonds is 7. The largest absolute Gasteiger partial charge is 0.355 e. The fourth-order valence-corrected chi connectivity index (χ4v) is 4.14. The van der Waals surface area contributed by atoms with Crippen LogP contribution in [-0.4, -0.2) is 12.5 Å². The van der Waals surface area contributed by atoms with E-state index in [1.807, 2.05) is 0 Å². The SMILES string of the molecule is Cc1ccc(C2(C(=O)NCCCCc3ccccc3)CCCCC2)cc1. The number of benzene rings is 2. The highest BCUT2D eigenvalue weighted by Crippen LogP contribution is 2.39. The summed E-state index contributed by atoms with van der Waals surface area (Å²) < 4.78 is 0. The number of nitrogens with one attached hydrogen (secondary N) is 1. The third-order valence-electron chi connectivity index (χ3n) is 5.77. The quantitative estimate of drug-likeness (QED) is 0.672. The smallest absolute Gasteiger partial charge is 0.230 e. The summed E-state index contributed by atoms with van der Waals surface area (Å²) in [5.74, 6) is 0.237. The minimum absolute atomic E-state index is 0.237. The van der Waals surface area contributed by atoms with Gasteiger partial charge in [-0.1, -0.05) is 79.4 Å². The molecule has 2 heteroatoms. The van der Waals surface area contributed by atoms with E-state index in [4.69, 9.17) is 0 Å². The fourth-order valence-electron chi connectivity index (χ4n) is 4.14. The average molecular weight is 350 g/mol. The van der Waals surface area contributed by atoms with Crippen LogP contribution in [0.2, 0.25) is 0 Å². The molecule has 1 fully saturated rings. The molecule has 2 aromatic carbocycles. The summed E-state index contributed by atoms with van der Waals surface area (Å²) in [7, 11) is 0. The summed E-state index contributed by atoms with van der Waals surface area (Å²) >= 11 is 0. The molecule has 3 rings (SSSR count). The first-order chi connectivity index (χ1) is 12.7. The van der Waals surface area contributed by atoms with Crippen molar-refractivity contribution in [2.75, 3.05) is 6.54 Å². The highest BCUT2D eigenvalue weighted by atomic mass is 16.2. The molecule has 0 radical (unpaired) electrons. The predicted molar refractivity (Wildman–Crippen MR) is 108 cm³/mol. The molecule has 0 spiro atoms. The Kier molecular flexibility index (Phi) is 6.49. The topological polar surface area (TPSA) is 29.1 Å². The zero-order valence-corrected chi connectivity index (χ0v) is 16.0. The molecular weight excluding hydrogens is 318 g/mol. The van der Waals surface area contributed by atoms with Crippen LogP contribution in [0.5, 0.6) is 0 Å². The number of unbranched alkanes of at least 4 members (excludes halogenated alkanes) is 1. The maximum atomic E-state index is 13.1. The lowest BCUT2D eigenvalue weighted by Crippen LogP contribution is -2.46. The second-order valence-corrected chi connectivity index (χ2v) is 7.71. The average Bonchev–Trinajstić information content (AvgIpc) is 2.69. The van der Waals surface area contributed by atoms with Crippen molar-refractivity contribution in [1.82, 2.24) is 5.32 Å². The van der Waals surface area contributed by atoms with Gasteiger partial charge in [0.25, 0.3) is 0 Å². The first-order valence-electron chi connectivity index (χ1n) is 10.1. The van der Waals surface area contributed by atoms with Crippen molar-refractivity contribution in [3.8, 4) is 0 Å². The Labute approximate surface area is 158 Å². The van der Waals surface area contributed by atoms with Crippen molar-refractivity contribution in [3.05, 3.63) is 71.3 Å². The Morgan fingerprint density at radius 3 is 2.31 bits per heavy atom. The molecule has 0 saturated heterocycles. The Hall–Kier alpha value is -2.09. The minimum Gasteiger partial charge on any atom is -0.355 e. The summed E-state index contributed by atoms with van der Waals surface area (Å²) in [6.07, 6.45) is 8.73. The fraction of sp³-hybridized carbons (Fsp3) is 0.458. The molecule has 2 nitrogen and oxygen atoms in total. The lowest BCUT2D eigenvalue weighted by Gasteiger charge is -2.36. The van der Waals surface area contributed by atoms with E-state index in [-0.39, 0.29) is 11.3 Å². The van der Waals surface area contributed by atoms with Crippen LogP contribution in [0.4, 0.5) is 0 Å². The Morgan fingerprint density at radius 2 is 1.62 bits per heavy atom.